The summed E-state index contributed by atoms with van der Waals surface area (Å²) in [6.07, 6.45) is 2.42. The van der Waals surface area contributed by atoms with Gasteiger partial charge in [0.15, 0.2) is 5.65 Å². The molecule has 0 spiro atoms. The van der Waals surface area contributed by atoms with E-state index >= 15 is 0 Å². The van der Waals surface area contributed by atoms with E-state index in [9.17, 15) is 0 Å². The molecule has 0 amide bonds. The van der Waals surface area contributed by atoms with Gasteiger partial charge in [-0.2, -0.15) is 5.10 Å². The number of aryl methyl sites for hydroxylation is 1. The molecule has 108 valence electrons. The predicted molar refractivity (Wildman–Crippen MR) is 81.9 cm³/mol. The largest absolute Gasteiger partial charge is 0.494 e. The van der Waals surface area contributed by atoms with Gasteiger partial charge in [-0.1, -0.05) is 19.1 Å². The summed E-state index contributed by atoms with van der Waals surface area (Å²) in [5.41, 5.74) is 8.42. The van der Waals surface area contributed by atoms with Gasteiger partial charge in [0, 0.05) is 12.6 Å². The quantitative estimate of drug-likeness (QED) is 0.795. The highest BCUT2D eigenvalue weighted by Crippen LogP contribution is 2.31. The first-order chi connectivity index (χ1) is 10.2. The summed E-state index contributed by atoms with van der Waals surface area (Å²) < 4.78 is 7.38. The fraction of sp³-hybridized carbons (Fsp3) is 0.267. The topological polar surface area (TPSA) is 78.8 Å². The Kier molecular flexibility index (Phi) is 3.43. The van der Waals surface area contributed by atoms with Crippen LogP contribution in [-0.2, 0) is 7.05 Å². The third-order valence-electron chi connectivity index (χ3n) is 3.23. The number of benzene rings is 1. The first-order valence-electron chi connectivity index (χ1n) is 6.87. The van der Waals surface area contributed by atoms with Crippen LogP contribution < -0.4 is 10.5 Å². The molecule has 2 aromatic heterocycles. The number of anilines is 1. The molecule has 0 aliphatic carbocycles. The Bertz CT molecular complexity index is 781. The highest BCUT2D eigenvalue weighted by atomic mass is 16.5. The lowest BCUT2D eigenvalue weighted by molar-refractivity contribution is 0.317. The van der Waals surface area contributed by atoms with Crippen molar-refractivity contribution in [1.82, 2.24) is 19.7 Å². The van der Waals surface area contributed by atoms with E-state index < -0.39 is 0 Å². The molecule has 0 saturated heterocycles. The molecule has 2 heterocycles. The van der Waals surface area contributed by atoms with Gasteiger partial charge in [0.05, 0.1) is 12.0 Å². The Hall–Kier alpha value is -2.63. The minimum absolute atomic E-state index is 0.433. The second-order valence-corrected chi connectivity index (χ2v) is 4.81. The number of hydrogen-bond donors (Lipinski definition) is 1. The zero-order valence-corrected chi connectivity index (χ0v) is 12.1. The lowest BCUT2D eigenvalue weighted by atomic mass is 10.1. The van der Waals surface area contributed by atoms with Crippen LogP contribution in [0.25, 0.3) is 22.3 Å². The minimum Gasteiger partial charge on any atom is -0.494 e. The molecule has 0 bridgehead atoms. The summed E-state index contributed by atoms with van der Waals surface area (Å²) in [5, 5.41) is 5.29. The van der Waals surface area contributed by atoms with Gasteiger partial charge in [-0.3, -0.25) is 0 Å². The van der Waals surface area contributed by atoms with Crippen molar-refractivity contribution in [3.63, 3.8) is 0 Å². The predicted octanol–water partition coefficient (Wildman–Crippen LogP) is 2.40. The number of hydrogen-bond acceptors (Lipinski definition) is 5. The molecule has 0 unspecified atom stereocenters. The first-order valence-corrected chi connectivity index (χ1v) is 6.87. The van der Waals surface area contributed by atoms with E-state index in [2.05, 4.69) is 22.0 Å². The standard InChI is InChI=1S/C15H17N5O/c1-3-7-21-11-6-4-5-10(8-11)13-12-14(16)17-9-18-15(12)20(2)19-13/h4-6,8-9H,3,7H2,1-2H3,(H2,16,17,18). The molecule has 3 aromatic rings. The number of nitrogen functional groups attached to an aromatic ring is 1. The van der Waals surface area contributed by atoms with E-state index in [1.54, 1.807) is 4.68 Å². The van der Waals surface area contributed by atoms with Crippen molar-refractivity contribution >= 4 is 16.9 Å². The molecular weight excluding hydrogens is 266 g/mol. The van der Waals surface area contributed by atoms with Crippen LogP contribution >= 0.6 is 0 Å². The van der Waals surface area contributed by atoms with Crippen LogP contribution in [-0.4, -0.2) is 26.4 Å². The normalized spacial score (nSPS) is 11.0. The molecule has 6 heteroatoms. The maximum absolute atomic E-state index is 5.99. The molecule has 3 rings (SSSR count). The van der Waals surface area contributed by atoms with Gasteiger partial charge in [-0.15, -0.1) is 0 Å². The van der Waals surface area contributed by atoms with E-state index in [1.807, 2.05) is 31.3 Å². The van der Waals surface area contributed by atoms with Gasteiger partial charge in [0.1, 0.15) is 23.6 Å². The molecule has 0 radical (unpaired) electrons. The van der Waals surface area contributed by atoms with E-state index in [-0.39, 0.29) is 0 Å². The Labute approximate surface area is 122 Å². The van der Waals surface area contributed by atoms with Gasteiger partial charge in [0.2, 0.25) is 0 Å². The van der Waals surface area contributed by atoms with Crippen LogP contribution in [0.15, 0.2) is 30.6 Å². The molecule has 0 aliphatic rings. The molecule has 6 nitrogen and oxygen atoms in total. The summed E-state index contributed by atoms with van der Waals surface area (Å²) in [6, 6.07) is 7.82. The zero-order chi connectivity index (χ0) is 14.8. The number of nitrogens with two attached hydrogens (primary N) is 1. The van der Waals surface area contributed by atoms with Crippen LogP contribution in [0.1, 0.15) is 13.3 Å². The Morgan fingerprint density at radius 2 is 2.14 bits per heavy atom. The summed E-state index contributed by atoms with van der Waals surface area (Å²) in [4.78, 5) is 8.30. The van der Waals surface area contributed by atoms with Crippen molar-refractivity contribution in [2.75, 3.05) is 12.3 Å². The van der Waals surface area contributed by atoms with Crippen LogP contribution in [0.5, 0.6) is 5.75 Å². The van der Waals surface area contributed by atoms with Crippen molar-refractivity contribution in [2.24, 2.45) is 7.05 Å². The van der Waals surface area contributed by atoms with Crippen molar-refractivity contribution < 1.29 is 4.74 Å². The van der Waals surface area contributed by atoms with Crippen LogP contribution in [0.3, 0.4) is 0 Å². The zero-order valence-electron chi connectivity index (χ0n) is 12.1. The summed E-state index contributed by atoms with van der Waals surface area (Å²) in [6.45, 7) is 2.77. The first kappa shape index (κ1) is 13.4. The molecule has 1 aromatic carbocycles. The molecule has 2 N–H and O–H groups in total. The fourth-order valence-corrected chi connectivity index (χ4v) is 2.26. The van der Waals surface area contributed by atoms with Crippen molar-refractivity contribution in [3.05, 3.63) is 30.6 Å². The molecule has 0 fully saturated rings. The van der Waals surface area contributed by atoms with Crippen LogP contribution in [0.2, 0.25) is 0 Å². The van der Waals surface area contributed by atoms with Gasteiger partial charge < -0.3 is 10.5 Å². The van der Waals surface area contributed by atoms with E-state index in [0.717, 1.165) is 34.5 Å². The second kappa shape index (κ2) is 5.40. The average Bonchev–Trinajstić information content (AvgIpc) is 2.84. The molecule has 21 heavy (non-hydrogen) atoms. The summed E-state index contributed by atoms with van der Waals surface area (Å²) >= 11 is 0. The van der Waals surface area contributed by atoms with E-state index in [4.69, 9.17) is 10.5 Å². The Morgan fingerprint density at radius 3 is 2.95 bits per heavy atom. The lowest BCUT2D eigenvalue weighted by Crippen LogP contribution is -1.95. The highest BCUT2D eigenvalue weighted by molar-refractivity contribution is 5.98. The average molecular weight is 283 g/mol. The lowest BCUT2D eigenvalue weighted by Gasteiger charge is -2.06. The maximum atomic E-state index is 5.99. The fourth-order valence-electron chi connectivity index (χ4n) is 2.26. The molecule has 0 atom stereocenters. The van der Waals surface area contributed by atoms with Gasteiger partial charge in [-0.25, -0.2) is 14.6 Å². The number of nitrogens with zero attached hydrogens (tertiary/aromatic N) is 4. The SMILES string of the molecule is CCCOc1cccc(-c2nn(C)c3ncnc(N)c23)c1. The smallest absolute Gasteiger partial charge is 0.163 e. The van der Waals surface area contributed by atoms with E-state index in [0.29, 0.717) is 12.4 Å². The molecular formula is C15H17N5O. The summed E-state index contributed by atoms with van der Waals surface area (Å²) in [7, 11) is 1.84. The number of aromatic nitrogens is 4. The van der Waals surface area contributed by atoms with Crippen molar-refractivity contribution in [2.45, 2.75) is 13.3 Å². The van der Waals surface area contributed by atoms with E-state index in [1.165, 1.54) is 6.33 Å². The Morgan fingerprint density at radius 1 is 1.29 bits per heavy atom. The van der Waals surface area contributed by atoms with Crippen molar-refractivity contribution in [3.8, 4) is 17.0 Å². The molecule has 0 aliphatic heterocycles. The van der Waals surface area contributed by atoms with Crippen molar-refractivity contribution in [1.29, 1.82) is 0 Å². The summed E-state index contributed by atoms with van der Waals surface area (Å²) in [5.74, 6) is 1.26. The van der Waals surface area contributed by atoms with Gasteiger partial charge in [-0.05, 0) is 18.6 Å². The highest BCUT2D eigenvalue weighted by Gasteiger charge is 2.15. The monoisotopic (exact) mass is 283 g/mol. The van der Waals surface area contributed by atoms with Crippen LogP contribution in [0.4, 0.5) is 5.82 Å². The van der Waals surface area contributed by atoms with Gasteiger partial charge in [0.25, 0.3) is 0 Å². The Balaban J connectivity index is 2.12. The second-order valence-electron chi connectivity index (χ2n) is 4.81. The third-order valence-corrected chi connectivity index (χ3v) is 3.23. The maximum Gasteiger partial charge on any atom is 0.163 e. The van der Waals surface area contributed by atoms with Gasteiger partial charge >= 0.3 is 0 Å². The number of fused-ring (bicyclic) bond motifs is 1. The number of ether oxygens (including phenoxy) is 1. The minimum atomic E-state index is 0.433. The molecule has 0 saturated carbocycles. The third kappa shape index (κ3) is 2.40. The number of rotatable bonds is 4. The van der Waals surface area contributed by atoms with Crippen LogP contribution in [0, 0.1) is 0 Å².